The Morgan fingerprint density at radius 3 is 2.68 bits per heavy atom. The monoisotopic (exact) mass is 442 g/mol. The number of benzene rings is 1. The SMILES string of the molecule is Cc1nc(-n2cnn(Cc3cc(F)cc(F)c3)c2=O)sc1C(=O)NCc1cccnc1. The summed E-state index contributed by atoms with van der Waals surface area (Å²) in [6.07, 6.45) is 4.56. The first-order valence-electron chi connectivity index (χ1n) is 9.15. The summed E-state index contributed by atoms with van der Waals surface area (Å²) in [6, 6.07) is 6.64. The molecule has 158 valence electrons. The van der Waals surface area contributed by atoms with Crippen molar-refractivity contribution in [2.45, 2.75) is 20.0 Å². The van der Waals surface area contributed by atoms with Gasteiger partial charge in [0.05, 0.1) is 12.2 Å². The molecule has 0 radical (unpaired) electrons. The van der Waals surface area contributed by atoms with Crippen LogP contribution in [0, 0.1) is 18.6 Å². The molecule has 31 heavy (non-hydrogen) atoms. The van der Waals surface area contributed by atoms with Crippen LogP contribution < -0.4 is 11.0 Å². The fourth-order valence-corrected chi connectivity index (χ4v) is 3.86. The molecule has 1 N–H and O–H groups in total. The molecule has 0 atom stereocenters. The number of hydrogen-bond donors (Lipinski definition) is 1. The van der Waals surface area contributed by atoms with Crippen molar-refractivity contribution in [2.24, 2.45) is 0 Å². The minimum absolute atomic E-state index is 0.108. The smallest absolute Gasteiger partial charge is 0.347 e. The molecule has 0 unspecified atom stereocenters. The lowest BCUT2D eigenvalue weighted by atomic mass is 10.2. The van der Waals surface area contributed by atoms with E-state index in [-0.39, 0.29) is 23.1 Å². The number of carbonyl (C=O) groups excluding carboxylic acids is 1. The van der Waals surface area contributed by atoms with E-state index < -0.39 is 17.3 Å². The van der Waals surface area contributed by atoms with Crippen LogP contribution in [0.1, 0.15) is 26.5 Å². The number of amides is 1. The number of aromatic nitrogens is 5. The van der Waals surface area contributed by atoms with Gasteiger partial charge in [0.2, 0.25) is 0 Å². The van der Waals surface area contributed by atoms with Gasteiger partial charge in [-0.05, 0) is 36.2 Å². The van der Waals surface area contributed by atoms with Crippen LogP contribution in [0.4, 0.5) is 8.78 Å². The van der Waals surface area contributed by atoms with Gasteiger partial charge in [-0.1, -0.05) is 17.4 Å². The Hall–Kier alpha value is -3.73. The van der Waals surface area contributed by atoms with Crippen LogP contribution in [-0.2, 0) is 13.1 Å². The average Bonchev–Trinajstić information content (AvgIpc) is 3.29. The first kappa shape index (κ1) is 20.5. The van der Waals surface area contributed by atoms with Crippen molar-refractivity contribution >= 4 is 17.2 Å². The summed E-state index contributed by atoms with van der Waals surface area (Å²) in [5.74, 6) is -1.79. The van der Waals surface area contributed by atoms with E-state index >= 15 is 0 Å². The van der Waals surface area contributed by atoms with E-state index in [4.69, 9.17) is 0 Å². The number of hydrogen-bond acceptors (Lipinski definition) is 6. The van der Waals surface area contributed by atoms with Gasteiger partial charge in [0.1, 0.15) is 22.8 Å². The lowest BCUT2D eigenvalue weighted by Crippen LogP contribution is -2.24. The Labute approximate surface area is 178 Å². The maximum absolute atomic E-state index is 13.4. The first-order valence-corrected chi connectivity index (χ1v) is 9.96. The highest BCUT2D eigenvalue weighted by Gasteiger charge is 2.18. The zero-order valence-corrected chi connectivity index (χ0v) is 17.1. The summed E-state index contributed by atoms with van der Waals surface area (Å²) in [5.41, 5.74) is 1.04. The molecule has 3 aromatic heterocycles. The number of nitrogens with zero attached hydrogens (tertiary/aromatic N) is 5. The molecule has 0 aliphatic carbocycles. The van der Waals surface area contributed by atoms with Crippen molar-refractivity contribution < 1.29 is 13.6 Å². The van der Waals surface area contributed by atoms with Gasteiger partial charge in [-0.15, -0.1) is 0 Å². The van der Waals surface area contributed by atoms with Crippen LogP contribution >= 0.6 is 11.3 Å². The Morgan fingerprint density at radius 2 is 1.97 bits per heavy atom. The predicted octanol–water partition coefficient (Wildman–Crippen LogP) is 2.45. The van der Waals surface area contributed by atoms with Gasteiger partial charge >= 0.3 is 5.69 Å². The highest BCUT2D eigenvalue weighted by molar-refractivity contribution is 7.16. The van der Waals surface area contributed by atoms with E-state index in [1.807, 2.05) is 6.07 Å². The summed E-state index contributed by atoms with van der Waals surface area (Å²) in [5, 5.41) is 7.05. The lowest BCUT2D eigenvalue weighted by Gasteiger charge is -2.03. The molecule has 0 bridgehead atoms. The molecule has 0 saturated heterocycles. The average molecular weight is 442 g/mol. The summed E-state index contributed by atoms with van der Waals surface area (Å²) in [7, 11) is 0. The van der Waals surface area contributed by atoms with Crippen LogP contribution in [0.15, 0.2) is 53.8 Å². The number of pyridine rings is 1. The standard InChI is InChI=1S/C20H16F2N6O2S/c1-12-17(18(29)24-9-13-3-2-4-23-8-13)31-19(26-12)27-11-25-28(20(27)30)10-14-5-15(21)7-16(22)6-14/h2-8,11H,9-10H2,1H3,(H,24,29). The molecular weight excluding hydrogens is 426 g/mol. The number of rotatable bonds is 6. The largest absolute Gasteiger partial charge is 0.352 e. The quantitative estimate of drug-likeness (QED) is 0.495. The van der Waals surface area contributed by atoms with E-state index in [0.29, 0.717) is 17.1 Å². The van der Waals surface area contributed by atoms with Gasteiger partial charge < -0.3 is 5.32 Å². The Kier molecular flexibility index (Phi) is 5.67. The molecule has 11 heteroatoms. The Bertz CT molecular complexity index is 1280. The zero-order chi connectivity index (χ0) is 22.0. The maximum Gasteiger partial charge on any atom is 0.352 e. The molecular formula is C20H16F2N6O2S. The van der Waals surface area contributed by atoms with Gasteiger partial charge in [0.15, 0.2) is 5.13 Å². The van der Waals surface area contributed by atoms with E-state index in [2.05, 4.69) is 20.4 Å². The topological polar surface area (TPSA) is 94.7 Å². The molecule has 0 aliphatic rings. The highest BCUT2D eigenvalue weighted by atomic mass is 32.1. The van der Waals surface area contributed by atoms with Crippen molar-refractivity contribution in [3.63, 3.8) is 0 Å². The minimum atomic E-state index is -0.736. The third-order valence-corrected chi connectivity index (χ3v) is 5.52. The van der Waals surface area contributed by atoms with Crippen molar-refractivity contribution in [2.75, 3.05) is 0 Å². The van der Waals surface area contributed by atoms with Crippen molar-refractivity contribution in [3.8, 4) is 5.13 Å². The number of thiazole rings is 1. The van der Waals surface area contributed by atoms with Gasteiger partial charge in [0.25, 0.3) is 5.91 Å². The van der Waals surface area contributed by atoms with Crippen LogP contribution in [0.25, 0.3) is 5.13 Å². The molecule has 4 rings (SSSR count). The van der Waals surface area contributed by atoms with Gasteiger partial charge in [-0.25, -0.2) is 27.8 Å². The molecule has 0 spiro atoms. The zero-order valence-electron chi connectivity index (χ0n) is 16.2. The minimum Gasteiger partial charge on any atom is -0.347 e. The predicted molar refractivity (Wildman–Crippen MR) is 109 cm³/mol. The fraction of sp³-hybridized carbons (Fsp3) is 0.150. The number of nitrogens with one attached hydrogen (secondary N) is 1. The van der Waals surface area contributed by atoms with Crippen molar-refractivity contribution in [3.05, 3.63) is 92.9 Å². The van der Waals surface area contributed by atoms with Crippen LogP contribution in [0.2, 0.25) is 0 Å². The normalized spacial score (nSPS) is 10.9. The van der Waals surface area contributed by atoms with Crippen LogP contribution in [0.3, 0.4) is 0 Å². The van der Waals surface area contributed by atoms with Gasteiger partial charge in [0, 0.05) is 25.0 Å². The molecule has 1 amide bonds. The Balaban J connectivity index is 1.53. The van der Waals surface area contributed by atoms with Crippen LogP contribution in [-0.4, -0.2) is 30.2 Å². The second-order valence-electron chi connectivity index (χ2n) is 6.67. The van der Waals surface area contributed by atoms with Gasteiger partial charge in [-0.3, -0.25) is 9.78 Å². The molecule has 0 fully saturated rings. The van der Waals surface area contributed by atoms with E-state index in [1.54, 1.807) is 25.4 Å². The molecule has 0 aliphatic heterocycles. The van der Waals surface area contributed by atoms with E-state index in [9.17, 15) is 18.4 Å². The van der Waals surface area contributed by atoms with Gasteiger partial charge in [-0.2, -0.15) is 5.10 Å². The number of aryl methyl sites for hydroxylation is 1. The summed E-state index contributed by atoms with van der Waals surface area (Å²) >= 11 is 1.05. The maximum atomic E-state index is 13.4. The van der Waals surface area contributed by atoms with Crippen molar-refractivity contribution in [1.29, 1.82) is 0 Å². The molecule has 4 aromatic rings. The summed E-state index contributed by atoms with van der Waals surface area (Å²) < 4.78 is 29.0. The summed E-state index contributed by atoms with van der Waals surface area (Å²) in [6.45, 7) is 1.87. The second-order valence-corrected chi connectivity index (χ2v) is 7.65. The first-order chi connectivity index (χ1) is 14.9. The molecule has 1 aromatic carbocycles. The molecule has 3 heterocycles. The van der Waals surface area contributed by atoms with Crippen LogP contribution in [0.5, 0.6) is 0 Å². The molecule has 8 nitrogen and oxygen atoms in total. The Morgan fingerprint density at radius 1 is 1.19 bits per heavy atom. The number of carbonyl (C=O) groups is 1. The fourth-order valence-electron chi connectivity index (χ4n) is 2.91. The highest BCUT2D eigenvalue weighted by Crippen LogP contribution is 2.20. The van der Waals surface area contributed by atoms with E-state index in [0.717, 1.165) is 39.8 Å². The lowest BCUT2D eigenvalue weighted by molar-refractivity contribution is 0.0954. The number of halogens is 2. The van der Waals surface area contributed by atoms with E-state index in [1.165, 1.54) is 10.9 Å². The second kappa shape index (κ2) is 8.56. The molecule has 0 saturated carbocycles. The third kappa shape index (κ3) is 4.56. The summed E-state index contributed by atoms with van der Waals surface area (Å²) in [4.78, 5) is 33.9. The third-order valence-electron chi connectivity index (χ3n) is 4.36. The van der Waals surface area contributed by atoms with Crippen molar-refractivity contribution in [1.82, 2.24) is 29.6 Å².